The average Bonchev–Trinajstić information content (AvgIpc) is 2.34. The maximum atomic E-state index is 12.6. The van der Waals surface area contributed by atoms with Gasteiger partial charge in [-0.3, -0.25) is 4.72 Å². The van der Waals surface area contributed by atoms with Crippen molar-refractivity contribution in [3.8, 4) is 0 Å². The monoisotopic (exact) mass is 324 g/mol. The van der Waals surface area contributed by atoms with Gasteiger partial charge in [0.1, 0.15) is 0 Å². The maximum absolute atomic E-state index is 12.6. The Bertz CT molecular complexity index is 571. The lowest BCUT2D eigenvalue weighted by atomic mass is 10.2. The Morgan fingerprint density at radius 2 is 1.81 bits per heavy atom. The topological polar surface area (TPSA) is 58.2 Å². The fraction of sp³-hybridized carbons (Fsp3) is 0.538. The molecule has 21 heavy (non-hydrogen) atoms. The Morgan fingerprint density at radius 1 is 1.19 bits per heavy atom. The molecule has 0 aliphatic rings. The van der Waals surface area contributed by atoms with E-state index in [1.54, 1.807) is 0 Å². The summed E-state index contributed by atoms with van der Waals surface area (Å²) in [6.45, 7) is 5.45. The van der Waals surface area contributed by atoms with E-state index < -0.39 is 27.0 Å². The van der Waals surface area contributed by atoms with Gasteiger partial charge in [0.25, 0.3) is 0 Å². The summed E-state index contributed by atoms with van der Waals surface area (Å²) in [5.41, 5.74) is -0.989. The molecule has 0 fully saturated rings. The SMILES string of the molecule is CC(C)NCC(C)S(=O)(=O)Nc1cccc(C(F)(F)F)c1. The van der Waals surface area contributed by atoms with Crippen molar-refractivity contribution >= 4 is 15.7 Å². The average molecular weight is 324 g/mol. The highest BCUT2D eigenvalue weighted by Crippen LogP contribution is 2.30. The van der Waals surface area contributed by atoms with Gasteiger partial charge in [0.2, 0.25) is 10.0 Å². The van der Waals surface area contributed by atoms with Gasteiger partial charge in [0.15, 0.2) is 0 Å². The van der Waals surface area contributed by atoms with Gasteiger partial charge < -0.3 is 5.32 Å². The van der Waals surface area contributed by atoms with Gasteiger partial charge in [-0.2, -0.15) is 13.2 Å². The van der Waals surface area contributed by atoms with Crippen molar-refractivity contribution in [1.29, 1.82) is 0 Å². The third-order valence-electron chi connectivity index (χ3n) is 2.79. The second-order valence-electron chi connectivity index (χ2n) is 5.10. The van der Waals surface area contributed by atoms with Crippen molar-refractivity contribution < 1.29 is 21.6 Å². The standard InChI is InChI=1S/C13H19F3N2O2S/c1-9(2)17-8-10(3)21(19,20)18-12-6-4-5-11(7-12)13(14,15)16/h4-7,9-10,17-18H,8H2,1-3H3. The van der Waals surface area contributed by atoms with Crippen molar-refractivity contribution in [1.82, 2.24) is 5.32 Å². The summed E-state index contributed by atoms with van der Waals surface area (Å²) < 4.78 is 64.0. The summed E-state index contributed by atoms with van der Waals surface area (Å²) in [6.07, 6.45) is -4.51. The first-order valence-electron chi connectivity index (χ1n) is 6.44. The van der Waals surface area contributed by atoms with E-state index in [0.29, 0.717) is 0 Å². The Labute approximate surface area is 122 Å². The minimum absolute atomic E-state index is 0.0961. The summed E-state index contributed by atoms with van der Waals surface area (Å²) in [4.78, 5) is 0. The molecule has 0 saturated heterocycles. The fourth-order valence-electron chi connectivity index (χ4n) is 1.54. The van der Waals surface area contributed by atoms with Gasteiger partial charge in [-0.25, -0.2) is 8.42 Å². The lowest BCUT2D eigenvalue weighted by Gasteiger charge is -2.17. The molecule has 0 radical (unpaired) electrons. The number of benzene rings is 1. The van der Waals surface area contributed by atoms with Crippen LogP contribution in [0.3, 0.4) is 0 Å². The molecule has 0 aliphatic carbocycles. The molecule has 0 aromatic heterocycles. The van der Waals surface area contributed by atoms with E-state index >= 15 is 0 Å². The quantitative estimate of drug-likeness (QED) is 0.846. The highest BCUT2D eigenvalue weighted by Gasteiger charge is 2.31. The predicted molar refractivity (Wildman–Crippen MR) is 76.6 cm³/mol. The van der Waals surface area contributed by atoms with E-state index in [0.717, 1.165) is 18.2 Å². The Kier molecular flexibility index (Phi) is 5.63. The molecule has 0 amide bonds. The van der Waals surface area contributed by atoms with Gasteiger partial charge in [0, 0.05) is 18.3 Å². The first kappa shape index (κ1) is 17.8. The molecular formula is C13H19F3N2O2S. The summed E-state index contributed by atoms with van der Waals surface area (Å²) >= 11 is 0. The van der Waals surface area contributed by atoms with Crippen LogP contribution >= 0.6 is 0 Å². The highest BCUT2D eigenvalue weighted by atomic mass is 32.2. The molecule has 120 valence electrons. The Morgan fingerprint density at radius 3 is 2.33 bits per heavy atom. The van der Waals surface area contributed by atoms with Crippen molar-refractivity contribution in [2.45, 2.75) is 38.2 Å². The molecule has 1 aromatic rings. The van der Waals surface area contributed by atoms with Crippen LogP contribution < -0.4 is 10.0 Å². The summed E-state index contributed by atoms with van der Waals surface area (Å²) in [7, 11) is -3.75. The van der Waals surface area contributed by atoms with Crippen molar-refractivity contribution in [3.05, 3.63) is 29.8 Å². The van der Waals surface area contributed by atoms with Gasteiger partial charge in [-0.05, 0) is 25.1 Å². The van der Waals surface area contributed by atoms with Crippen LogP contribution in [0.4, 0.5) is 18.9 Å². The molecule has 8 heteroatoms. The number of anilines is 1. The van der Waals surface area contributed by atoms with Crippen LogP contribution in [0.5, 0.6) is 0 Å². The lowest BCUT2D eigenvalue weighted by molar-refractivity contribution is -0.137. The fourth-order valence-corrected chi connectivity index (χ4v) is 2.51. The maximum Gasteiger partial charge on any atom is 0.416 e. The van der Waals surface area contributed by atoms with Crippen LogP contribution in [-0.4, -0.2) is 26.3 Å². The minimum Gasteiger partial charge on any atom is -0.313 e. The van der Waals surface area contributed by atoms with Crippen LogP contribution in [0.15, 0.2) is 24.3 Å². The molecule has 0 bridgehead atoms. The molecule has 2 N–H and O–H groups in total. The molecule has 0 aliphatic heterocycles. The number of halogens is 3. The first-order valence-corrected chi connectivity index (χ1v) is 7.99. The molecule has 0 heterocycles. The smallest absolute Gasteiger partial charge is 0.313 e. The van der Waals surface area contributed by atoms with Crippen LogP contribution in [0.2, 0.25) is 0 Å². The number of hydrogen-bond acceptors (Lipinski definition) is 3. The third-order valence-corrected chi connectivity index (χ3v) is 4.54. The van der Waals surface area contributed by atoms with Crippen molar-refractivity contribution in [2.75, 3.05) is 11.3 Å². The van der Waals surface area contributed by atoms with Gasteiger partial charge in [0.05, 0.1) is 10.8 Å². The van der Waals surface area contributed by atoms with Gasteiger partial charge in [-0.1, -0.05) is 19.9 Å². The molecule has 1 atom stereocenters. The predicted octanol–water partition coefficient (Wildman–Crippen LogP) is 2.83. The molecular weight excluding hydrogens is 305 g/mol. The molecule has 1 rings (SSSR count). The highest BCUT2D eigenvalue weighted by molar-refractivity contribution is 7.93. The van der Waals surface area contributed by atoms with E-state index in [9.17, 15) is 21.6 Å². The van der Waals surface area contributed by atoms with Gasteiger partial charge in [-0.15, -0.1) is 0 Å². The zero-order valence-corrected chi connectivity index (χ0v) is 12.8. The van der Waals surface area contributed by atoms with E-state index in [4.69, 9.17) is 0 Å². The molecule has 0 spiro atoms. The number of hydrogen-bond donors (Lipinski definition) is 2. The van der Waals surface area contributed by atoms with E-state index in [1.165, 1.54) is 13.0 Å². The molecule has 4 nitrogen and oxygen atoms in total. The second-order valence-corrected chi connectivity index (χ2v) is 7.20. The minimum atomic E-state index is -4.51. The largest absolute Gasteiger partial charge is 0.416 e. The Balaban J connectivity index is 2.84. The number of alkyl halides is 3. The van der Waals surface area contributed by atoms with Crippen molar-refractivity contribution in [2.24, 2.45) is 0 Å². The van der Waals surface area contributed by atoms with E-state index in [1.807, 2.05) is 13.8 Å². The van der Waals surface area contributed by atoms with Crippen molar-refractivity contribution in [3.63, 3.8) is 0 Å². The van der Waals surface area contributed by atoms with E-state index in [-0.39, 0.29) is 18.3 Å². The molecule has 0 saturated carbocycles. The zero-order chi connectivity index (χ0) is 16.3. The number of sulfonamides is 1. The normalized spacial score (nSPS) is 14.2. The van der Waals surface area contributed by atoms with E-state index in [2.05, 4.69) is 10.0 Å². The van der Waals surface area contributed by atoms with Crippen LogP contribution in [0, 0.1) is 0 Å². The first-order chi connectivity index (χ1) is 9.52. The number of nitrogens with one attached hydrogen (secondary N) is 2. The number of rotatable bonds is 6. The molecule has 1 unspecified atom stereocenters. The summed E-state index contributed by atoms with van der Waals surface area (Å²) in [6, 6.07) is 4.24. The Hall–Kier alpha value is -1.28. The third kappa shape index (κ3) is 5.55. The van der Waals surface area contributed by atoms with Crippen LogP contribution in [0.1, 0.15) is 26.3 Å². The van der Waals surface area contributed by atoms with Crippen LogP contribution in [0.25, 0.3) is 0 Å². The second kappa shape index (κ2) is 6.65. The molecule has 1 aromatic carbocycles. The zero-order valence-electron chi connectivity index (χ0n) is 12.0. The van der Waals surface area contributed by atoms with Crippen LogP contribution in [-0.2, 0) is 16.2 Å². The lowest BCUT2D eigenvalue weighted by Crippen LogP contribution is -2.37. The summed E-state index contributed by atoms with van der Waals surface area (Å²) in [5, 5.41) is 2.20. The van der Waals surface area contributed by atoms with Gasteiger partial charge >= 0.3 is 6.18 Å². The summed E-state index contributed by atoms with van der Waals surface area (Å²) in [5.74, 6) is 0.